The van der Waals surface area contributed by atoms with Crippen molar-refractivity contribution in [2.75, 3.05) is 13.2 Å². The second-order valence-corrected chi connectivity index (χ2v) is 11.9. The zero-order valence-electron chi connectivity index (χ0n) is 19.4. The van der Waals surface area contributed by atoms with E-state index in [1.165, 1.54) is 49.5 Å². The molecular formula is C27H34FNO4. The van der Waals surface area contributed by atoms with Crippen molar-refractivity contribution in [3.05, 3.63) is 29.1 Å². The molecule has 4 bridgehead atoms. The first-order valence-electron chi connectivity index (χ1n) is 12.8. The summed E-state index contributed by atoms with van der Waals surface area (Å²) in [6.07, 6.45) is 10.5. The molecule has 1 aliphatic heterocycles. The minimum atomic E-state index is -1.02. The molecule has 0 unspecified atom stereocenters. The van der Waals surface area contributed by atoms with E-state index in [9.17, 15) is 14.7 Å². The van der Waals surface area contributed by atoms with E-state index in [1.54, 1.807) is 6.07 Å². The highest BCUT2D eigenvalue weighted by Gasteiger charge is 2.51. The predicted octanol–water partition coefficient (Wildman–Crippen LogP) is 5.23. The maximum Gasteiger partial charge on any atom is 0.326 e. The Bertz CT molecular complexity index is 951. The third kappa shape index (κ3) is 3.74. The van der Waals surface area contributed by atoms with Crippen LogP contribution >= 0.6 is 0 Å². The number of carboxylic acids is 1. The van der Waals surface area contributed by atoms with E-state index in [4.69, 9.17) is 4.74 Å². The van der Waals surface area contributed by atoms with E-state index in [0.717, 1.165) is 36.2 Å². The fourth-order valence-corrected chi connectivity index (χ4v) is 7.98. The van der Waals surface area contributed by atoms with Crippen molar-refractivity contribution in [2.24, 2.45) is 29.1 Å². The van der Waals surface area contributed by atoms with Crippen molar-refractivity contribution in [3.8, 4) is 5.75 Å². The quantitative estimate of drug-likeness (QED) is 0.638. The molecule has 6 heteroatoms. The van der Waals surface area contributed by atoms with E-state index in [0.29, 0.717) is 31.2 Å². The molecule has 1 aromatic carbocycles. The first-order valence-corrected chi connectivity index (χ1v) is 12.8. The number of carboxylic acid groups (broad SMARTS) is 1. The van der Waals surface area contributed by atoms with E-state index < -0.39 is 23.7 Å². The molecule has 1 aromatic rings. The maximum absolute atomic E-state index is 15.3. The molecule has 7 rings (SSSR count). The first kappa shape index (κ1) is 21.4. The summed E-state index contributed by atoms with van der Waals surface area (Å²) in [5.41, 5.74) is 1.14. The average Bonchev–Trinajstić information content (AvgIpc) is 3.51. The zero-order chi connectivity index (χ0) is 22.9. The summed E-state index contributed by atoms with van der Waals surface area (Å²) in [7, 11) is 0. The number of nitrogens with zero attached hydrogens (tertiary/aromatic N) is 1. The zero-order valence-corrected chi connectivity index (χ0v) is 19.4. The van der Waals surface area contributed by atoms with Crippen molar-refractivity contribution in [3.63, 3.8) is 0 Å². The fraction of sp³-hybridized carbons (Fsp3) is 0.704. The molecule has 0 spiro atoms. The van der Waals surface area contributed by atoms with Crippen LogP contribution in [0.2, 0.25) is 0 Å². The molecule has 33 heavy (non-hydrogen) atoms. The molecule has 5 nitrogen and oxygen atoms in total. The Balaban J connectivity index is 1.24. The minimum absolute atomic E-state index is 0.0144. The van der Waals surface area contributed by atoms with Crippen molar-refractivity contribution in [2.45, 2.75) is 76.7 Å². The largest absolute Gasteiger partial charge is 0.493 e. The van der Waals surface area contributed by atoms with Crippen LogP contribution in [0.25, 0.3) is 0 Å². The number of likely N-dealkylation sites (tertiary alicyclic amines) is 1. The van der Waals surface area contributed by atoms with E-state index >= 15 is 4.39 Å². The summed E-state index contributed by atoms with van der Waals surface area (Å²) in [6, 6.07) is 2.16. The van der Waals surface area contributed by atoms with Gasteiger partial charge in [0.25, 0.3) is 5.91 Å². The van der Waals surface area contributed by atoms with Crippen LogP contribution < -0.4 is 4.74 Å². The van der Waals surface area contributed by atoms with Gasteiger partial charge >= 0.3 is 5.97 Å². The smallest absolute Gasteiger partial charge is 0.326 e. The molecule has 1 heterocycles. The lowest BCUT2D eigenvalue weighted by Gasteiger charge is -2.56. The van der Waals surface area contributed by atoms with Crippen molar-refractivity contribution < 1.29 is 23.8 Å². The van der Waals surface area contributed by atoms with Crippen LogP contribution in [0.3, 0.4) is 0 Å². The highest BCUT2D eigenvalue weighted by molar-refractivity contribution is 5.97. The Morgan fingerprint density at radius 2 is 1.73 bits per heavy atom. The van der Waals surface area contributed by atoms with Gasteiger partial charge in [-0.15, -0.1) is 0 Å². The molecule has 178 valence electrons. The number of halogens is 1. The van der Waals surface area contributed by atoms with Gasteiger partial charge in [0.1, 0.15) is 17.6 Å². The van der Waals surface area contributed by atoms with Gasteiger partial charge in [0.15, 0.2) is 0 Å². The van der Waals surface area contributed by atoms with Gasteiger partial charge in [-0.3, -0.25) is 4.79 Å². The van der Waals surface area contributed by atoms with Gasteiger partial charge in [-0.1, -0.05) is 6.92 Å². The number of benzene rings is 1. The van der Waals surface area contributed by atoms with Crippen LogP contribution in [0.1, 0.15) is 86.6 Å². The Labute approximate surface area is 194 Å². The van der Waals surface area contributed by atoms with Gasteiger partial charge in [-0.25, -0.2) is 9.18 Å². The topological polar surface area (TPSA) is 66.8 Å². The predicted molar refractivity (Wildman–Crippen MR) is 121 cm³/mol. The maximum atomic E-state index is 15.3. The van der Waals surface area contributed by atoms with E-state index in [1.807, 2.05) is 6.92 Å². The molecule has 6 fully saturated rings. The minimum Gasteiger partial charge on any atom is -0.493 e. The number of carbonyl (C=O) groups is 2. The van der Waals surface area contributed by atoms with Crippen LogP contribution in [0.5, 0.6) is 5.75 Å². The number of ether oxygens (including phenoxy) is 1. The number of carbonyl (C=O) groups excluding carboxylic acids is 1. The van der Waals surface area contributed by atoms with Gasteiger partial charge in [-0.05, 0) is 99.0 Å². The van der Waals surface area contributed by atoms with E-state index in [2.05, 4.69) is 0 Å². The summed E-state index contributed by atoms with van der Waals surface area (Å²) in [5, 5.41) is 9.59. The Morgan fingerprint density at radius 1 is 1.09 bits per heavy atom. The van der Waals surface area contributed by atoms with Crippen LogP contribution in [-0.4, -0.2) is 41.1 Å². The standard InChI is InChI=1S/C27H34FNO4/c1-15-4-5-29(24(15)26(31)32)25(30)21-9-20(19-2-3-19)23(10-22(21)28)33-14-27-11-16-6-17(12-27)8-18(7-16)13-27/h9-10,15-19,24H,2-8,11-14H2,1H3,(H,31,32)/t15-,16?,17?,18?,24+,27?/m1/s1. The summed E-state index contributed by atoms with van der Waals surface area (Å²) in [5.74, 6) is 1.13. The van der Waals surface area contributed by atoms with Gasteiger partial charge in [0.2, 0.25) is 0 Å². The van der Waals surface area contributed by atoms with Gasteiger partial charge in [0.05, 0.1) is 12.2 Å². The number of hydrogen-bond acceptors (Lipinski definition) is 3. The number of hydrogen-bond donors (Lipinski definition) is 1. The highest BCUT2D eigenvalue weighted by atomic mass is 19.1. The van der Waals surface area contributed by atoms with Crippen molar-refractivity contribution >= 4 is 11.9 Å². The van der Waals surface area contributed by atoms with Crippen LogP contribution in [-0.2, 0) is 4.79 Å². The molecule has 1 N–H and O–H groups in total. The van der Waals surface area contributed by atoms with Crippen molar-refractivity contribution in [1.29, 1.82) is 0 Å². The number of aliphatic carboxylic acids is 1. The molecule has 2 atom stereocenters. The molecule has 0 radical (unpaired) electrons. The Morgan fingerprint density at radius 3 is 2.30 bits per heavy atom. The summed E-state index contributed by atoms with van der Waals surface area (Å²) < 4.78 is 21.6. The van der Waals surface area contributed by atoms with E-state index in [-0.39, 0.29) is 16.9 Å². The molecular weight excluding hydrogens is 421 g/mol. The SMILES string of the molecule is C[C@@H]1CCN(C(=O)c2cc(C3CC3)c(OCC34CC5CC(CC(C5)C3)C4)cc2F)[C@@H]1C(=O)O. The third-order valence-corrected chi connectivity index (χ3v) is 9.26. The Kier molecular flexibility index (Phi) is 5.00. The van der Waals surface area contributed by atoms with Gasteiger partial charge < -0.3 is 14.7 Å². The molecule has 0 aromatic heterocycles. The Hall–Kier alpha value is -2.11. The molecule has 1 amide bonds. The summed E-state index contributed by atoms with van der Waals surface area (Å²) >= 11 is 0. The molecule has 1 saturated heterocycles. The monoisotopic (exact) mass is 455 g/mol. The second kappa shape index (κ2) is 7.71. The van der Waals surface area contributed by atoms with Crippen LogP contribution in [0.15, 0.2) is 12.1 Å². The first-order chi connectivity index (χ1) is 15.8. The van der Waals surface area contributed by atoms with Crippen molar-refractivity contribution in [1.82, 2.24) is 4.90 Å². The lowest BCUT2D eigenvalue weighted by Crippen LogP contribution is -2.48. The van der Waals surface area contributed by atoms with Crippen LogP contribution in [0, 0.1) is 34.9 Å². The number of amides is 1. The fourth-order valence-electron chi connectivity index (χ4n) is 7.98. The molecule has 5 aliphatic carbocycles. The summed E-state index contributed by atoms with van der Waals surface area (Å²) in [6.45, 7) is 2.83. The van der Waals surface area contributed by atoms with Crippen LogP contribution in [0.4, 0.5) is 4.39 Å². The van der Waals surface area contributed by atoms with Gasteiger partial charge in [0, 0.05) is 18.0 Å². The normalized spacial score (nSPS) is 36.9. The number of rotatable bonds is 6. The molecule has 5 saturated carbocycles. The average molecular weight is 456 g/mol. The lowest BCUT2D eigenvalue weighted by atomic mass is 9.50. The third-order valence-electron chi connectivity index (χ3n) is 9.26. The highest BCUT2D eigenvalue weighted by Crippen LogP contribution is 2.60. The lowest BCUT2D eigenvalue weighted by molar-refractivity contribution is -0.142. The van der Waals surface area contributed by atoms with Gasteiger partial charge in [-0.2, -0.15) is 0 Å². The molecule has 6 aliphatic rings. The summed E-state index contributed by atoms with van der Waals surface area (Å²) in [4.78, 5) is 26.3. The second-order valence-electron chi connectivity index (χ2n) is 11.9.